The summed E-state index contributed by atoms with van der Waals surface area (Å²) in [4.78, 5) is 30.3. The number of likely N-dealkylation sites (tertiary alicyclic amines) is 1. The molecular formula is C21H23F2N9O6. The Bertz CT molecular complexity index is 1340. The Morgan fingerprint density at radius 1 is 1.18 bits per heavy atom. The van der Waals surface area contributed by atoms with Crippen molar-refractivity contribution in [2.24, 2.45) is 13.0 Å². The van der Waals surface area contributed by atoms with E-state index < -0.39 is 36.1 Å². The second kappa shape index (κ2) is 10.5. The molecule has 2 aromatic heterocycles. The number of hydrogen-bond acceptors (Lipinski definition) is 11. The molecule has 17 heteroatoms. The molecule has 15 nitrogen and oxygen atoms in total. The number of anilines is 3. The van der Waals surface area contributed by atoms with E-state index in [0.717, 1.165) is 4.90 Å². The number of nitrogens with zero attached hydrogens (tertiary/aromatic N) is 6. The van der Waals surface area contributed by atoms with Crippen LogP contribution in [0.25, 0.3) is 11.4 Å². The number of aromatic nitrogens is 5. The van der Waals surface area contributed by atoms with Crippen LogP contribution in [0.1, 0.15) is 10.5 Å². The third-order valence-electron chi connectivity index (χ3n) is 5.41. The maximum atomic E-state index is 12.7. The smallest absolute Gasteiger partial charge is 0.369 e. The molecule has 3 aromatic rings. The van der Waals surface area contributed by atoms with Gasteiger partial charge in [0.2, 0.25) is 6.43 Å². The fourth-order valence-corrected chi connectivity index (χ4v) is 3.59. The van der Waals surface area contributed by atoms with E-state index in [4.69, 9.17) is 20.1 Å². The van der Waals surface area contributed by atoms with E-state index in [2.05, 4.69) is 30.9 Å². The summed E-state index contributed by atoms with van der Waals surface area (Å²) < 4.78 is 32.5. The Balaban J connectivity index is 1.66. The van der Waals surface area contributed by atoms with Crippen LogP contribution in [0.5, 0.6) is 5.75 Å². The summed E-state index contributed by atoms with van der Waals surface area (Å²) in [7, 11) is 3.08. The van der Waals surface area contributed by atoms with Crippen molar-refractivity contribution in [3.8, 4) is 17.1 Å². The topological polar surface area (TPSA) is 200 Å². The van der Waals surface area contributed by atoms with Crippen LogP contribution in [0.15, 0.2) is 30.6 Å². The molecule has 0 aliphatic carbocycles. The average molecular weight is 535 g/mol. The lowest BCUT2D eigenvalue weighted by Crippen LogP contribution is -2.54. The average Bonchev–Trinajstić information content (AvgIpc) is 3.22. The quantitative estimate of drug-likeness (QED) is 0.213. The highest BCUT2D eigenvalue weighted by molar-refractivity contribution is 5.99. The standard InChI is InChI=1S/C21H23F2N9O6/c1-31-9-24-18(30-31)11-4-3-5-12(16(11)38-2)25-13-6-14(26-20(34)32-7-10(8-32)17(22)23)28-29-15(13)19(33)27-21(35,36)37/h3-6,9-10,17,35-37H,7-8H2,1-2H3,(H,27,33)(H2,25,26,28,34). The molecule has 1 saturated heterocycles. The van der Waals surface area contributed by atoms with Crippen LogP contribution in [-0.4, -0.2) is 89.8 Å². The number of benzene rings is 1. The number of alkyl halides is 2. The monoisotopic (exact) mass is 535 g/mol. The van der Waals surface area contributed by atoms with Crippen molar-refractivity contribution in [3.63, 3.8) is 0 Å². The number of halogens is 2. The molecule has 202 valence electrons. The van der Waals surface area contributed by atoms with Gasteiger partial charge in [0.1, 0.15) is 6.33 Å². The summed E-state index contributed by atoms with van der Waals surface area (Å²) in [5.41, 5.74) is 0.180. The van der Waals surface area contributed by atoms with Gasteiger partial charge in [-0.3, -0.25) is 20.1 Å². The van der Waals surface area contributed by atoms with E-state index >= 15 is 0 Å². The van der Waals surface area contributed by atoms with Gasteiger partial charge in [-0.2, -0.15) is 5.10 Å². The number of hydrogen-bond donors (Lipinski definition) is 6. The molecule has 4 rings (SSSR count). The van der Waals surface area contributed by atoms with Gasteiger partial charge in [-0.25, -0.2) is 18.6 Å². The van der Waals surface area contributed by atoms with Crippen molar-refractivity contribution in [1.82, 2.24) is 35.2 Å². The van der Waals surface area contributed by atoms with Crippen LogP contribution in [0.2, 0.25) is 0 Å². The predicted molar refractivity (Wildman–Crippen MR) is 125 cm³/mol. The molecule has 0 atom stereocenters. The molecule has 3 heterocycles. The van der Waals surface area contributed by atoms with Gasteiger partial charge in [0.05, 0.1) is 30.0 Å². The van der Waals surface area contributed by atoms with E-state index in [-0.39, 0.29) is 30.3 Å². The van der Waals surface area contributed by atoms with Crippen molar-refractivity contribution < 1.29 is 38.4 Å². The van der Waals surface area contributed by atoms with Crippen molar-refractivity contribution in [2.75, 3.05) is 30.8 Å². The Hall–Kier alpha value is -4.48. The highest BCUT2D eigenvalue weighted by Crippen LogP contribution is 2.37. The van der Waals surface area contributed by atoms with Crippen LogP contribution >= 0.6 is 0 Å². The molecule has 38 heavy (non-hydrogen) atoms. The van der Waals surface area contributed by atoms with Crippen LogP contribution in [0.4, 0.5) is 30.8 Å². The second-order valence-corrected chi connectivity index (χ2v) is 8.26. The molecule has 0 bridgehead atoms. The Kier molecular flexibility index (Phi) is 7.33. The van der Waals surface area contributed by atoms with Crippen LogP contribution < -0.4 is 20.7 Å². The molecule has 1 aliphatic rings. The lowest BCUT2D eigenvalue weighted by atomic mass is 10.0. The number of aryl methyl sites for hydroxylation is 1. The van der Waals surface area contributed by atoms with Gasteiger partial charge in [0.15, 0.2) is 23.1 Å². The number of nitrogens with one attached hydrogen (secondary N) is 3. The molecule has 1 aliphatic heterocycles. The Morgan fingerprint density at radius 3 is 2.53 bits per heavy atom. The lowest BCUT2D eigenvalue weighted by Gasteiger charge is -2.38. The number of urea groups is 1. The van der Waals surface area contributed by atoms with Gasteiger partial charge >= 0.3 is 12.1 Å². The number of rotatable bonds is 8. The third kappa shape index (κ3) is 5.90. The predicted octanol–water partition coefficient (Wildman–Crippen LogP) is 0.0711. The highest BCUT2D eigenvalue weighted by atomic mass is 19.3. The van der Waals surface area contributed by atoms with E-state index in [1.807, 2.05) is 0 Å². The third-order valence-corrected chi connectivity index (χ3v) is 5.41. The minimum Gasteiger partial charge on any atom is -0.494 e. The van der Waals surface area contributed by atoms with Crippen molar-refractivity contribution >= 4 is 29.1 Å². The molecular weight excluding hydrogens is 512 g/mol. The summed E-state index contributed by atoms with van der Waals surface area (Å²) in [6.45, 7) is -0.278. The first-order valence-corrected chi connectivity index (χ1v) is 11.0. The minimum absolute atomic E-state index is 0.101. The maximum absolute atomic E-state index is 12.7. The fraction of sp³-hybridized carbons (Fsp3) is 0.333. The lowest BCUT2D eigenvalue weighted by molar-refractivity contribution is -0.323. The number of aliphatic hydroxyl groups is 3. The molecule has 3 amide bonds. The first kappa shape index (κ1) is 26.6. The van der Waals surface area contributed by atoms with Gasteiger partial charge < -0.3 is 30.3 Å². The Labute approximate surface area is 213 Å². The molecule has 0 unspecified atom stereocenters. The normalized spacial score (nSPS) is 13.7. The van der Waals surface area contributed by atoms with Gasteiger partial charge in [-0.1, -0.05) is 6.07 Å². The molecule has 6 N–H and O–H groups in total. The SMILES string of the molecule is COc1c(Nc2cc(NC(=O)N3CC(C(F)F)C3)nnc2C(=O)NC(O)(O)O)cccc1-c1ncn(C)n1. The summed E-state index contributed by atoms with van der Waals surface area (Å²) in [5.74, 6) is -1.70. The van der Waals surface area contributed by atoms with Crippen LogP contribution in [0, 0.1) is 5.92 Å². The van der Waals surface area contributed by atoms with Crippen molar-refractivity contribution in [2.45, 2.75) is 12.5 Å². The van der Waals surface area contributed by atoms with E-state index in [0.29, 0.717) is 17.1 Å². The number of carbonyl (C=O) groups is 2. The fourth-order valence-electron chi connectivity index (χ4n) is 3.59. The van der Waals surface area contributed by atoms with Gasteiger partial charge in [0.25, 0.3) is 5.91 Å². The first-order valence-electron chi connectivity index (χ1n) is 11.0. The molecule has 0 saturated carbocycles. The summed E-state index contributed by atoms with van der Waals surface area (Å²) in [5, 5.41) is 46.0. The van der Waals surface area contributed by atoms with Gasteiger partial charge in [-0.05, 0) is 12.1 Å². The zero-order chi connectivity index (χ0) is 27.6. The van der Waals surface area contributed by atoms with Crippen molar-refractivity contribution in [3.05, 3.63) is 36.3 Å². The zero-order valence-corrected chi connectivity index (χ0v) is 20.0. The minimum atomic E-state index is -3.55. The van der Waals surface area contributed by atoms with E-state index in [9.17, 15) is 18.4 Å². The first-order chi connectivity index (χ1) is 17.9. The zero-order valence-electron chi connectivity index (χ0n) is 20.0. The van der Waals surface area contributed by atoms with E-state index in [1.165, 1.54) is 29.5 Å². The summed E-state index contributed by atoms with van der Waals surface area (Å²) in [6, 6.07) is 5.42. The number of para-hydroxylation sites is 1. The second-order valence-electron chi connectivity index (χ2n) is 8.26. The maximum Gasteiger partial charge on any atom is 0.369 e. The summed E-state index contributed by atoms with van der Waals surface area (Å²) in [6.07, 6.45) is -4.61. The summed E-state index contributed by atoms with van der Waals surface area (Å²) >= 11 is 0. The number of ether oxygens (including phenoxy) is 1. The number of carbonyl (C=O) groups excluding carboxylic acids is 2. The molecule has 1 fully saturated rings. The largest absolute Gasteiger partial charge is 0.494 e. The molecule has 1 aromatic carbocycles. The van der Waals surface area contributed by atoms with Crippen LogP contribution in [0.3, 0.4) is 0 Å². The van der Waals surface area contributed by atoms with Crippen molar-refractivity contribution in [1.29, 1.82) is 0 Å². The number of amides is 3. The highest BCUT2D eigenvalue weighted by Gasteiger charge is 2.37. The van der Waals surface area contributed by atoms with Gasteiger partial charge in [0, 0.05) is 26.2 Å². The van der Waals surface area contributed by atoms with Crippen LogP contribution in [-0.2, 0) is 7.05 Å². The Morgan fingerprint density at radius 2 is 1.92 bits per heavy atom. The van der Waals surface area contributed by atoms with E-state index in [1.54, 1.807) is 25.2 Å². The number of methoxy groups -OCH3 is 1. The molecule has 0 spiro atoms. The van der Waals surface area contributed by atoms with Gasteiger partial charge in [-0.15, -0.1) is 10.2 Å². The molecule has 0 radical (unpaired) electrons.